The first-order chi connectivity index (χ1) is 11.6. The summed E-state index contributed by atoms with van der Waals surface area (Å²) in [6.07, 6.45) is 0. The fraction of sp³-hybridized carbons (Fsp3) is 0.211. The number of aryl methyl sites for hydroxylation is 1. The lowest BCUT2D eigenvalue weighted by atomic mass is 10.2. The van der Waals surface area contributed by atoms with Crippen LogP contribution < -0.4 is 0 Å². The van der Waals surface area contributed by atoms with E-state index in [9.17, 15) is 14.3 Å². The third-order valence-electron chi connectivity index (χ3n) is 4.13. The molecule has 0 saturated heterocycles. The fourth-order valence-corrected chi connectivity index (χ4v) is 2.87. The summed E-state index contributed by atoms with van der Waals surface area (Å²) in [5.41, 5.74) is 2.05. The topological polar surface area (TPSA) is 45.5 Å². The number of hydrogen-bond donors (Lipinski definition) is 1. The van der Waals surface area contributed by atoms with Gasteiger partial charge in [0.15, 0.2) is 0 Å². The summed E-state index contributed by atoms with van der Waals surface area (Å²) in [5.74, 6) is -0.579. The first-order valence-corrected chi connectivity index (χ1v) is 7.80. The molecule has 0 radical (unpaired) electrons. The molecule has 3 rings (SSSR count). The Morgan fingerprint density at radius 1 is 1.17 bits per heavy atom. The summed E-state index contributed by atoms with van der Waals surface area (Å²) in [6, 6.07) is 15.9. The second kappa shape index (κ2) is 6.84. The van der Waals surface area contributed by atoms with Gasteiger partial charge < -0.3 is 14.6 Å². The molecule has 0 fully saturated rings. The molecule has 1 amide bonds. The number of hydrogen-bond acceptors (Lipinski definition) is 2. The minimum atomic E-state index is -0.348. The Bertz CT molecular complexity index is 858. The van der Waals surface area contributed by atoms with E-state index in [2.05, 4.69) is 0 Å². The van der Waals surface area contributed by atoms with Crippen molar-refractivity contribution in [2.45, 2.75) is 6.54 Å². The van der Waals surface area contributed by atoms with E-state index in [0.717, 1.165) is 5.56 Å². The minimum absolute atomic E-state index is 0.128. The lowest BCUT2D eigenvalue weighted by Gasteiger charge is -2.22. The van der Waals surface area contributed by atoms with Crippen LogP contribution in [0.25, 0.3) is 10.9 Å². The fourth-order valence-electron chi connectivity index (χ4n) is 2.87. The zero-order chi connectivity index (χ0) is 17.1. The van der Waals surface area contributed by atoms with Crippen molar-refractivity contribution >= 4 is 16.8 Å². The zero-order valence-electron chi connectivity index (χ0n) is 13.4. The van der Waals surface area contributed by atoms with Gasteiger partial charge in [-0.3, -0.25) is 4.79 Å². The molecule has 0 spiro atoms. The van der Waals surface area contributed by atoms with Crippen LogP contribution in [0.15, 0.2) is 54.6 Å². The predicted octanol–water partition coefficient (Wildman–Crippen LogP) is 2.95. The highest BCUT2D eigenvalue weighted by atomic mass is 19.1. The molecule has 24 heavy (non-hydrogen) atoms. The second-order valence-electron chi connectivity index (χ2n) is 5.70. The average Bonchev–Trinajstić information content (AvgIpc) is 2.93. The first-order valence-electron chi connectivity index (χ1n) is 7.80. The van der Waals surface area contributed by atoms with Crippen LogP contribution in [0.4, 0.5) is 4.39 Å². The molecule has 1 N–H and O–H groups in total. The van der Waals surface area contributed by atoms with Crippen LogP contribution in [-0.4, -0.2) is 33.6 Å². The molecular formula is C19H19FN2O2. The van der Waals surface area contributed by atoms with Crippen LogP contribution in [0.1, 0.15) is 16.1 Å². The number of amides is 1. The summed E-state index contributed by atoms with van der Waals surface area (Å²) in [4.78, 5) is 14.5. The molecule has 0 saturated carbocycles. The van der Waals surface area contributed by atoms with Gasteiger partial charge in [0, 0.05) is 25.5 Å². The average molecular weight is 326 g/mol. The van der Waals surface area contributed by atoms with Crippen LogP contribution in [-0.2, 0) is 13.6 Å². The number of fused-ring (bicyclic) bond motifs is 1. The Kier molecular flexibility index (Phi) is 4.62. The highest BCUT2D eigenvalue weighted by Gasteiger charge is 2.21. The van der Waals surface area contributed by atoms with Crippen LogP contribution >= 0.6 is 0 Å². The molecule has 0 atom stereocenters. The number of benzene rings is 2. The Morgan fingerprint density at radius 2 is 1.92 bits per heavy atom. The maximum atomic E-state index is 14.0. The highest BCUT2D eigenvalue weighted by molar-refractivity contribution is 5.98. The summed E-state index contributed by atoms with van der Waals surface area (Å²) in [7, 11) is 1.74. The van der Waals surface area contributed by atoms with Gasteiger partial charge in [-0.1, -0.05) is 36.4 Å². The van der Waals surface area contributed by atoms with Crippen molar-refractivity contribution in [2.75, 3.05) is 13.2 Å². The number of nitrogens with zero attached hydrogens (tertiary/aromatic N) is 2. The predicted molar refractivity (Wildman–Crippen MR) is 91.1 cm³/mol. The van der Waals surface area contributed by atoms with Crippen molar-refractivity contribution in [1.29, 1.82) is 0 Å². The SMILES string of the molecule is Cn1c(C(=O)N(CCO)Cc2ccccc2)cc2c(F)cccc21. The van der Waals surface area contributed by atoms with Crippen LogP contribution in [0.3, 0.4) is 0 Å². The van der Waals surface area contributed by atoms with Crippen molar-refractivity contribution in [3.05, 3.63) is 71.7 Å². The molecule has 3 aromatic rings. The quantitative estimate of drug-likeness (QED) is 0.783. The lowest BCUT2D eigenvalue weighted by Crippen LogP contribution is -2.34. The normalized spacial score (nSPS) is 11.0. The summed E-state index contributed by atoms with van der Waals surface area (Å²) in [5, 5.41) is 9.73. The highest BCUT2D eigenvalue weighted by Crippen LogP contribution is 2.23. The van der Waals surface area contributed by atoms with Gasteiger partial charge in [0.25, 0.3) is 5.91 Å². The molecule has 0 aliphatic heterocycles. The molecule has 124 valence electrons. The van der Waals surface area contributed by atoms with Gasteiger partial charge in [-0.05, 0) is 23.8 Å². The largest absolute Gasteiger partial charge is 0.395 e. The Morgan fingerprint density at radius 3 is 2.58 bits per heavy atom. The molecule has 0 bridgehead atoms. The molecule has 2 aromatic carbocycles. The van der Waals surface area contributed by atoms with Crippen LogP contribution in [0.5, 0.6) is 0 Å². The third-order valence-corrected chi connectivity index (χ3v) is 4.13. The van der Waals surface area contributed by atoms with Crippen molar-refractivity contribution in [3.8, 4) is 0 Å². The van der Waals surface area contributed by atoms with Crippen molar-refractivity contribution < 1.29 is 14.3 Å². The number of aromatic nitrogens is 1. The Hall–Kier alpha value is -2.66. The van der Waals surface area contributed by atoms with Gasteiger partial charge in [0.1, 0.15) is 11.5 Å². The van der Waals surface area contributed by atoms with Crippen LogP contribution in [0.2, 0.25) is 0 Å². The van der Waals surface area contributed by atoms with Gasteiger partial charge in [0.2, 0.25) is 0 Å². The van der Waals surface area contributed by atoms with Crippen molar-refractivity contribution in [2.24, 2.45) is 7.05 Å². The standard InChI is InChI=1S/C19H19FN2O2/c1-21-17-9-5-8-16(20)15(17)12-18(21)19(24)22(10-11-23)13-14-6-3-2-4-7-14/h2-9,12,23H,10-11,13H2,1H3. The van der Waals surface area contributed by atoms with E-state index < -0.39 is 0 Å². The lowest BCUT2D eigenvalue weighted by molar-refractivity contribution is 0.0698. The van der Waals surface area contributed by atoms with E-state index >= 15 is 0 Å². The first kappa shape index (κ1) is 16.2. The van der Waals surface area contributed by atoms with E-state index in [-0.39, 0.29) is 24.9 Å². The zero-order valence-corrected chi connectivity index (χ0v) is 13.4. The van der Waals surface area contributed by atoms with Crippen molar-refractivity contribution in [1.82, 2.24) is 9.47 Å². The molecule has 0 aliphatic carbocycles. The van der Waals surface area contributed by atoms with Gasteiger partial charge in [0.05, 0.1) is 12.1 Å². The van der Waals surface area contributed by atoms with E-state index in [1.54, 1.807) is 34.7 Å². The summed E-state index contributed by atoms with van der Waals surface area (Å²) >= 11 is 0. The number of carbonyl (C=O) groups excluding carboxylic acids is 1. The molecule has 1 aromatic heterocycles. The van der Waals surface area contributed by atoms with Crippen molar-refractivity contribution in [3.63, 3.8) is 0 Å². The minimum Gasteiger partial charge on any atom is -0.395 e. The molecule has 1 heterocycles. The van der Waals surface area contributed by atoms with E-state index in [4.69, 9.17) is 0 Å². The van der Waals surface area contributed by atoms with Gasteiger partial charge in [-0.15, -0.1) is 0 Å². The number of rotatable bonds is 5. The Labute approximate surface area is 139 Å². The number of aliphatic hydroxyl groups is 1. The van der Waals surface area contributed by atoms with Gasteiger partial charge in [-0.25, -0.2) is 4.39 Å². The number of carbonyl (C=O) groups is 1. The molecule has 5 heteroatoms. The molecule has 0 unspecified atom stereocenters. The van der Waals surface area contributed by atoms with Gasteiger partial charge >= 0.3 is 0 Å². The maximum Gasteiger partial charge on any atom is 0.270 e. The van der Waals surface area contributed by atoms with E-state index in [1.807, 2.05) is 30.3 Å². The summed E-state index contributed by atoms with van der Waals surface area (Å²) in [6.45, 7) is 0.485. The monoisotopic (exact) mass is 326 g/mol. The Balaban J connectivity index is 1.95. The van der Waals surface area contributed by atoms with Crippen LogP contribution in [0, 0.1) is 5.82 Å². The van der Waals surface area contributed by atoms with E-state index in [0.29, 0.717) is 23.1 Å². The molecule has 4 nitrogen and oxygen atoms in total. The number of halogens is 1. The maximum absolute atomic E-state index is 14.0. The van der Waals surface area contributed by atoms with Gasteiger partial charge in [-0.2, -0.15) is 0 Å². The van der Waals surface area contributed by atoms with E-state index in [1.165, 1.54) is 6.07 Å². The molecule has 0 aliphatic rings. The third kappa shape index (κ3) is 3.03. The smallest absolute Gasteiger partial charge is 0.270 e. The summed E-state index contributed by atoms with van der Waals surface area (Å²) < 4.78 is 15.7. The number of aliphatic hydroxyl groups excluding tert-OH is 1. The second-order valence-corrected chi connectivity index (χ2v) is 5.70. The molecular weight excluding hydrogens is 307 g/mol.